The van der Waals surface area contributed by atoms with Gasteiger partial charge >= 0.3 is 0 Å². The van der Waals surface area contributed by atoms with E-state index in [1.807, 2.05) is 36.4 Å². The zero-order chi connectivity index (χ0) is 34.6. The van der Waals surface area contributed by atoms with Crippen LogP contribution in [0.2, 0.25) is 0 Å². The number of fused-ring (bicyclic) bond motifs is 12. The van der Waals surface area contributed by atoms with Gasteiger partial charge in [-0.2, -0.15) is 0 Å². The first-order valence-corrected chi connectivity index (χ1v) is 17.9. The van der Waals surface area contributed by atoms with Gasteiger partial charge in [0.15, 0.2) is 5.82 Å². The summed E-state index contributed by atoms with van der Waals surface area (Å²) in [6.07, 6.45) is 0. The molecule has 0 aliphatic carbocycles. The van der Waals surface area contributed by atoms with Crippen LogP contribution in [-0.2, 0) is 0 Å². The minimum atomic E-state index is 0.762. The number of hydrogen-bond donors (Lipinski definition) is 0. The number of para-hydroxylation sites is 6. The molecule has 0 bridgehead atoms. The van der Waals surface area contributed by atoms with Crippen LogP contribution < -0.4 is 0 Å². The fourth-order valence-electron chi connectivity index (χ4n) is 8.59. The van der Waals surface area contributed by atoms with E-state index in [0.717, 1.165) is 77.7 Å². The Morgan fingerprint density at radius 2 is 1.09 bits per heavy atom. The quantitative estimate of drug-likeness (QED) is 0.187. The van der Waals surface area contributed by atoms with Gasteiger partial charge in [0.1, 0.15) is 16.9 Å². The van der Waals surface area contributed by atoms with Gasteiger partial charge in [-0.25, -0.2) is 9.97 Å². The fraction of sp³-hybridized carbons (Fsp3) is 0. The van der Waals surface area contributed by atoms with Crippen molar-refractivity contribution in [3.05, 3.63) is 170 Å². The summed E-state index contributed by atoms with van der Waals surface area (Å²) < 4.78 is 11.4. The van der Waals surface area contributed by atoms with E-state index in [4.69, 9.17) is 14.4 Å². The van der Waals surface area contributed by atoms with Crippen LogP contribution in [0.15, 0.2) is 174 Å². The fourth-order valence-corrected chi connectivity index (χ4v) is 8.59. The molecular formula is C48H28N4O. The molecule has 4 heterocycles. The minimum absolute atomic E-state index is 0.762. The van der Waals surface area contributed by atoms with Crippen molar-refractivity contribution in [2.45, 2.75) is 0 Å². The summed E-state index contributed by atoms with van der Waals surface area (Å²) in [4.78, 5) is 10.9. The van der Waals surface area contributed by atoms with Crippen LogP contribution in [0.5, 0.6) is 0 Å². The zero-order valence-electron chi connectivity index (χ0n) is 28.4. The first-order valence-electron chi connectivity index (χ1n) is 17.9. The monoisotopic (exact) mass is 676 g/mol. The Bertz CT molecular complexity index is 3460. The van der Waals surface area contributed by atoms with Gasteiger partial charge in [-0.05, 0) is 71.4 Å². The normalized spacial score (nSPS) is 12.2. The molecule has 0 atom stereocenters. The van der Waals surface area contributed by atoms with Crippen molar-refractivity contribution >= 4 is 87.4 Å². The number of rotatable bonds is 3. The van der Waals surface area contributed by atoms with Gasteiger partial charge in [0.05, 0.1) is 33.1 Å². The smallest absolute Gasteiger partial charge is 0.165 e. The second-order valence-electron chi connectivity index (χ2n) is 13.8. The van der Waals surface area contributed by atoms with Crippen LogP contribution in [0.25, 0.3) is 110 Å². The van der Waals surface area contributed by atoms with Gasteiger partial charge in [-0.3, -0.25) is 4.57 Å². The number of furan rings is 1. The Hall–Kier alpha value is -7.24. The third kappa shape index (κ3) is 3.96. The second-order valence-corrected chi connectivity index (χ2v) is 13.8. The number of benzene rings is 8. The molecule has 0 fully saturated rings. The topological polar surface area (TPSA) is 48.8 Å². The summed E-state index contributed by atoms with van der Waals surface area (Å²) in [5.74, 6) is 0.762. The lowest BCUT2D eigenvalue weighted by Gasteiger charge is -2.14. The van der Waals surface area contributed by atoms with E-state index in [-0.39, 0.29) is 0 Å². The maximum absolute atomic E-state index is 6.63. The van der Waals surface area contributed by atoms with Crippen LogP contribution in [0.1, 0.15) is 0 Å². The summed E-state index contributed by atoms with van der Waals surface area (Å²) in [6, 6.07) is 60.0. The highest BCUT2D eigenvalue weighted by atomic mass is 16.3. The first kappa shape index (κ1) is 28.5. The van der Waals surface area contributed by atoms with E-state index in [1.165, 1.54) is 32.4 Å². The lowest BCUT2D eigenvalue weighted by atomic mass is 10.0. The third-order valence-corrected chi connectivity index (χ3v) is 10.9. The van der Waals surface area contributed by atoms with E-state index in [2.05, 4.69) is 143 Å². The molecule has 12 aromatic rings. The Morgan fingerprint density at radius 3 is 1.98 bits per heavy atom. The van der Waals surface area contributed by atoms with Crippen molar-refractivity contribution < 1.29 is 4.42 Å². The number of aromatic nitrogens is 4. The molecule has 0 N–H and O–H groups in total. The number of nitrogens with zero attached hydrogens (tertiary/aromatic N) is 4. The van der Waals surface area contributed by atoms with Crippen LogP contribution in [0, 0.1) is 0 Å². The van der Waals surface area contributed by atoms with E-state index in [9.17, 15) is 0 Å². The highest BCUT2D eigenvalue weighted by Crippen LogP contribution is 2.44. The highest BCUT2D eigenvalue weighted by molar-refractivity contribution is 6.25. The molecule has 53 heavy (non-hydrogen) atoms. The van der Waals surface area contributed by atoms with E-state index in [1.54, 1.807) is 0 Å². The van der Waals surface area contributed by atoms with Crippen LogP contribution in [-0.4, -0.2) is 19.1 Å². The standard InChI is InChI=1S/C48H28N4O/c1-2-14-30(15-3-1)51-40-23-10-6-17-32(40)36-27-43-37(28-42(36)51)45-31-16-5-4-13-29(31)25-26-41(45)52(43)48-46(49-38-21-8-9-22-39(38)50-48)35-20-12-19-34-33-18-7-11-24-44(33)53-47(34)35/h1-28H. The molecular weight excluding hydrogens is 649 g/mol. The summed E-state index contributed by atoms with van der Waals surface area (Å²) in [7, 11) is 0. The van der Waals surface area contributed by atoms with Gasteiger partial charge in [0.2, 0.25) is 0 Å². The highest BCUT2D eigenvalue weighted by Gasteiger charge is 2.24. The van der Waals surface area contributed by atoms with Crippen molar-refractivity contribution in [3.8, 4) is 22.8 Å². The van der Waals surface area contributed by atoms with Crippen molar-refractivity contribution in [3.63, 3.8) is 0 Å². The second kappa shape index (κ2) is 10.6. The molecule has 0 spiro atoms. The van der Waals surface area contributed by atoms with Gasteiger partial charge < -0.3 is 8.98 Å². The van der Waals surface area contributed by atoms with Crippen LogP contribution in [0.3, 0.4) is 0 Å². The molecule has 0 aliphatic rings. The molecule has 0 saturated carbocycles. The van der Waals surface area contributed by atoms with Gasteiger partial charge in [-0.15, -0.1) is 0 Å². The largest absolute Gasteiger partial charge is 0.455 e. The third-order valence-electron chi connectivity index (χ3n) is 10.9. The minimum Gasteiger partial charge on any atom is -0.455 e. The summed E-state index contributed by atoms with van der Waals surface area (Å²) in [5, 5.41) is 9.26. The predicted molar refractivity (Wildman–Crippen MR) is 218 cm³/mol. The molecule has 12 rings (SSSR count). The lowest BCUT2D eigenvalue weighted by molar-refractivity contribution is 0.669. The van der Waals surface area contributed by atoms with Gasteiger partial charge in [-0.1, -0.05) is 109 Å². The molecule has 0 amide bonds. The molecule has 0 unspecified atom stereocenters. The predicted octanol–water partition coefficient (Wildman–Crippen LogP) is 12.5. The van der Waals surface area contributed by atoms with Crippen LogP contribution >= 0.6 is 0 Å². The molecule has 8 aromatic carbocycles. The average molecular weight is 677 g/mol. The summed E-state index contributed by atoms with van der Waals surface area (Å²) in [5.41, 5.74) is 10.6. The Labute approximate surface area is 302 Å². The van der Waals surface area contributed by atoms with Gasteiger partial charge in [0, 0.05) is 43.6 Å². The van der Waals surface area contributed by atoms with Crippen molar-refractivity contribution in [1.82, 2.24) is 19.1 Å². The molecule has 5 heteroatoms. The molecule has 4 aromatic heterocycles. The molecule has 246 valence electrons. The maximum atomic E-state index is 6.63. The van der Waals surface area contributed by atoms with Crippen LogP contribution in [0.4, 0.5) is 0 Å². The van der Waals surface area contributed by atoms with Crippen molar-refractivity contribution in [2.24, 2.45) is 0 Å². The molecule has 0 radical (unpaired) electrons. The Morgan fingerprint density at radius 1 is 0.415 bits per heavy atom. The maximum Gasteiger partial charge on any atom is 0.165 e. The summed E-state index contributed by atoms with van der Waals surface area (Å²) >= 11 is 0. The zero-order valence-corrected chi connectivity index (χ0v) is 28.4. The SMILES string of the molecule is c1ccc(-n2c3ccccc3c3cc4c(cc32)c2c3ccccc3ccc2n4-c2nc3ccccc3nc2-c2cccc3c2oc2ccccc23)cc1. The van der Waals surface area contributed by atoms with Gasteiger partial charge in [0.25, 0.3) is 0 Å². The average Bonchev–Trinajstić information content (AvgIpc) is 3.87. The van der Waals surface area contributed by atoms with Crippen molar-refractivity contribution in [1.29, 1.82) is 0 Å². The lowest BCUT2D eigenvalue weighted by Crippen LogP contribution is -2.04. The van der Waals surface area contributed by atoms with Crippen molar-refractivity contribution in [2.75, 3.05) is 0 Å². The van der Waals surface area contributed by atoms with E-state index < -0.39 is 0 Å². The Balaban J connectivity index is 1.28. The first-order chi connectivity index (χ1) is 26.3. The summed E-state index contributed by atoms with van der Waals surface area (Å²) in [6.45, 7) is 0. The van der Waals surface area contributed by atoms with E-state index >= 15 is 0 Å². The molecule has 5 nitrogen and oxygen atoms in total. The number of hydrogen-bond acceptors (Lipinski definition) is 3. The molecule has 0 aliphatic heterocycles. The van der Waals surface area contributed by atoms with E-state index in [0.29, 0.717) is 0 Å². The Kier molecular flexibility index (Phi) is 5.71. The molecule has 0 saturated heterocycles.